The summed E-state index contributed by atoms with van der Waals surface area (Å²) in [5.74, 6) is -0.107. The summed E-state index contributed by atoms with van der Waals surface area (Å²) in [6.07, 6.45) is 0.680. The summed E-state index contributed by atoms with van der Waals surface area (Å²) in [7, 11) is 4.48. The van der Waals surface area contributed by atoms with E-state index >= 15 is 0 Å². The third-order valence-electron chi connectivity index (χ3n) is 7.64. The Hall–Kier alpha value is -4.57. The van der Waals surface area contributed by atoms with Crippen molar-refractivity contribution in [2.24, 2.45) is 0 Å². The number of nitrogens with zero attached hydrogens (tertiary/aromatic N) is 2. The molecule has 0 spiro atoms. The number of fused-ring (bicyclic) bond motifs is 2. The van der Waals surface area contributed by atoms with Gasteiger partial charge in [0, 0.05) is 12.0 Å². The summed E-state index contributed by atoms with van der Waals surface area (Å²) in [5.41, 5.74) is 4.53. The molecule has 1 N–H and O–H groups in total. The average Bonchev–Trinajstić information content (AvgIpc) is 3.64. The molecule has 6 rings (SSSR count). The molecule has 2 aliphatic rings. The van der Waals surface area contributed by atoms with Crippen molar-refractivity contribution in [3.63, 3.8) is 0 Å². The number of thiazole rings is 1. The lowest BCUT2D eigenvalue weighted by atomic mass is 9.94. The van der Waals surface area contributed by atoms with Crippen LogP contribution < -0.4 is 23.8 Å². The van der Waals surface area contributed by atoms with E-state index in [1.807, 2.05) is 32.9 Å². The van der Waals surface area contributed by atoms with E-state index in [4.69, 9.17) is 23.9 Å². The Morgan fingerprint density at radius 2 is 1.74 bits per heavy atom. The predicted octanol–water partition coefficient (Wildman–Crippen LogP) is 5.89. The number of hydrogen-bond acceptors (Lipinski definition) is 9. The van der Waals surface area contributed by atoms with Crippen molar-refractivity contribution in [2.45, 2.75) is 39.3 Å². The number of benzene rings is 3. The Kier molecular flexibility index (Phi) is 6.81. The van der Waals surface area contributed by atoms with Gasteiger partial charge in [0.1, 0.15) is 17.6 Å². The first-order valence-corrected chi connectivity index (χ1v) is 14.3. The van der Waals surface area contributed by atoms with Crippen molar-refractivity contribution in [2.75, 3.05) is 26.2 Å². The quantitative estimate of drug-likeness (QED) is 0.169. The van der Waals surface area contributed by atoms with Crippen molar-refractivity contribution in [3.05, 3.63) is 75.9 Å². The molecule has 2 atom stereocenters. The highest BCUT2D eigenvalue weighted by Gasteiger charge is 2.49. The van der Waals surface area contributed by atoms with E-state index in [0.717, 1.165) is 32.7 Å². The first kappa shape index (κ1) is 27.6. The van der Waals surface area contributed by atoms with E-state index in [2.05, 4.69) is 0 Å². The van der Waals surface area contributed by atoms with E-state index in [9.17, 15) is 14.7 Å². The molecule has 10 heteroatoms. The minimum Gasteiger partial charge on any atom is -0.507 e. The van der Waals surface area contributed by atoms with Gasteiger partial charge in [0.25, 0.3) is 5.78 Å². The first-order chi connectivity index (χ1) is 20.1. The van der Waals surface area contributed by atoms with Crippen molar-refractivity contribution in [1.29, 1.82) is 0 Å². The fourth-order valence-electron chi connectivity index (χ4n) is 5.79. The smallest absolute Gasteiger partial charge is 0.301 e. The summed E-state index contributed by atoms with van der Waals surface area (Å²) in [6, 6.07) is 11.6. The molecule has 216 valence electrons. The number of rotatable bonds is 6. The molecule has 42 heavy (non-hydrogen) atoms. The number of aromatic nitrogens is 1. The van der Waals surface area contributed by atoms with Crippen LogP contribution in [0.15, 0.2) is 48.0 Å². The van der Waals surface area contributed by atoms with Crippen LogP contribution >= 0.6 is 11.3 Å². The molecule has 1 aromatic heterocycles. The van der Waals surface area contributed by atoms with Crippen LogP contribution in [0.1, 0.15) is 40.8 Å². The number of anilines is 1. The number of aliphatic hydroxyl groups excluding tert-OH is 1. The zero-order valence-corrected chi connectivity index (χ0v) is 24.9. The maximum absolute atomic E-state index is 13.8. The lowest BCUT2D eigenvalue weighted by molar-refractivity contribution is -0.132. The number of Topliss-reactive ketones (excluding diaryl/α,β-unsaturated/α-hetero) is 1. The molecular formula is C32H30N2O7S. The summed E-state index contributed by atoms with van der Waals surface area (Å²) in [6.45, 7) is 5.93. The number of aryl methyl sites for hydroxylation is 2. The van der Waals surface area contributed by atoms with Crippen LogP contribution in [0.4, 0.5) is 5.13 Å². The number of hydrogen-bond donors (Lipinski definition) is 1. The van der Waals surface area contributed by atoms with Crippen molar-refractivity contribution < 1.29 is 33.6 Å². The van der Waals surface area contributed by atoms with E-state index in [1.54, 1.807) is 30.3 Å². The first-order valence-electron chi connectivity index (χ1n) is 13.4. The Bertz CT molecular complexity index is 1780. The summed E-state index contributed by atoms with van der Waals surface area (Å²) >= 11 is 1.31. The van der Waals surface area contributed by atoms with Gasteiger partial charge in [-0.25, -0.2) is 4.98 Å². The molecule has 3 heterocycles. The third-order valence-corrected chi connectivity index (χ3v) is 8.64. The standard InChI is InChI=1S/C32H30N2O7S/c1-15-9-16(2)26-24(10-15)42-32(33-26)34-27(20-13-22(38-4)30(40-6)23(14-20)39-5)25(29(36)31(34)37)28(35)18-7-8-21-19(12-18)11-17(3)41-21/h7-10,12-14,17,27,35H,11H2,1-6H3/b28-25+/t17-,27+/m0/s1. The second-order valence-corrected chi connectivity index (χ2v) is 11.5. The number of aliphatic hydroxyl groups is 1. The molecule has 9 nitrogen and oxygen atoms in total. The number of ketones is 1. The highest BCUT2D eigenvalue weighted by molar-refractivity contribution is 7.22. The van der Waals surface area contributed by atoms with Crippen molar-refractivity contribution in [3.8, 4) is 23.0 Å². The van der Waals surface area contributed by atoms with Gasteiger partial charge in [0.2, 0.25) is 5.75 Å². The van der Waals surface area contributed by atoms with Crippen LogP contribution in [0.5, 0.6) is 23.0 Å². The van der Waals surface area contributed by atoms with Gasteiger partial charge in [-0.3, -0.25) is 14.5 Å². The van der Waals surface area contributed by atoms with Crippen LogP contribution in [-0.4, -0.2) is 49.2 Å². The molecule has 1 fully saturated rings. The summed E-state index contributed by atoms with van der Waals surface area (Å²) in [5, 5.41) is 12.1. The summed E-state index contributed by atoms with van der Waals surface area (Å²) in [4.78, 5) is 33.8. The van der Waals surface area contributed by atoms with Crippen LogP contribution in [0.25, 0.3) is 16.0 Å². The Morgan fingerprint density at radius 1 is 1.02 bits per heavy atom. The van der Waals surface area contributed by atoms with Gasteiger partial charge in [-0.2, -0.15) is 0 Å². The van der Waals surface area contributed by atoms with Gasteiger partial charge in [0.15, 0.2) is 16.6 Å². The summed E-state index contributed by atoms with van der Waals surface area (Å²) < 4.78 is 23.4. The van der Waals surface area contributed by atoms with Gasteiger partial charge in [-0.1, -0.05) is 17.4 Å². The van der Waals surface area contributed by atoms with Crippen molar-refractivity contribution >= 4 is 44.1 Å². The Morgan fingerprint density at radius 3 is 2.40 bits per heavy atom. The minimum absolute atomic E-state index is 0.00772. The van der Waals surface area contributed by atoms with E-state index in [0.29, 0.717) is 39.9 Å². The molecule has 0 unspecified atom stereocenters. The van der Waals surface area contributed by atoms with Crippen LogP contribution in [0, 0.1) is 13.8 Å². The molecule has 2 aliphatic heterocycles. The lowest BCUT2D eigenvalue weighted by Gasteiger charge is -2.24. The topological polar surface area (TPSA) is 107 Å². The van der Waals surface area contributed by atoms with Gasteiger partial charge >= 0.3 is 5.91 Å². The number of carbonyl (C=O) groups is 2. The van der Waals surface area contributed by atoms with Crippen molar-refractivity contribution in [1.82, 2.24) is 4.98 Å². The molecule has 3 aromatic carbocycles. The Balaban J connectivity index is 1.60. The molecule has 0 radical (unpaired) electrons. The lowest BCUT2D eigenvalue weighted by Crippen LogP contribution is -2.29. The van der Waals surface area contributed by atoms with Gasteiger partial charge in [0.05, 0.1) is 43.2 Å². The monoisotopic (exact) mass is 586 g/mol. The zero-order chi connectivity index (χ0) is 29.9. The van der Waals surface area contributed by atoms with E-state index in [1.165, 1.54) is 37.6 Å². The molecular weight excluding hydrogens is 556 g/mol. The van der Waals surface area contributed by atoms with Crippen LogP contribution in [0.2, 0.25) is 0 Å². The maximum atomic E-state index is 13.8. The molecule has 1 saturated heterocycles. The molecule has 0 aliphatic carbocycles. The van der Waals surface area contributed by atoms with Gasteiger partial charge in [-0.05, 0) is 79.4 Å². The largest absolute Gasteiger partial charge is 0.507 e. The molecule has 0 saturated carbocycles. The maximum Gasteiger partial charge on any atom is 0.301 e. The van der Waals surface area contributed by atoms with E-state index in [-0.39, 0.29) is 17.4 Å². The number of carbonyl (C=O) groups excluding carboxylic acids is 2. The Labute approximate surface area is 246 Å². The average molecular weight is 587 g/mol. The number of amides is 1. The molecule has 0 bridgehead atoms. The molecule has 4 aromatic rings. The highest BCUT2D eigenvalue weighted by atomic mass is 32.1. The predicted molar refractivity (Wildman–Crippen MR) is 160 cm³/mol. The van der Waals surface area contributed by atoms with E-state index < -0.39 is 17.7 Å². The van der Waals surface area contributed by atoms with Crippen LogP contribution in [0.3, 0.4) is 0 Å². The normalized spacial score (nSPS) is 19.2. The third kappa shape index (κ3) is 4.34. The second-order valence-electron chi connectivity index (χ2n) is 10.5. The second kappa shape index (κ2) is 10.4. The zero-order valence-electron chi connectivity index (χ0n) is 24.1. The SMILES string of the molecule is COc1cc([C@@H]2/C(=C(\O)c3ccc4c(c3)C[C@H](C)O4)C(=O)C(=O)N2c2nc3c(C)cc(C)cc3s2)cc(OC)c1OC. The fourth-order valence-corrected chi connectivity index (χ4v) is 6.96. The number of ether oxygens (including phenoxy) is 4. The fraction of sp³-hybridized carbons (Fsp3) is 0.281. The molecule has 1 amide bonds. The number of methoxy groups -OCH3 is 3. The highest BCUT2D eigenvalue weighted by Crippen LogP contribution is 2.48. The minimum atomic E-state index is -1.02. The van der Waals surface area contributed by atoms with Gasteiger partial charge in [-0.15, -0.1) is 0 Å². The van der Waals surface area contributed by atoms with Crippen LogP contribution in [-0.2, 0) is 16.0 Å². The van der Waals surface area contributed by atoms with Gasteiger partial charge < -0.3 is 24.1 Å².